The number of nitriles is 1. The van der Waals surface area contributed by atoms with Crippen LogP contribution in [0, 0.1) is 11.3 Å². The third kappa shape index (κ3) is 5.31. The lowest BCUT2D eigenvalue weighted by molar-refractivity contribution is -0.141. The first kappa shape index (κ1) is 28.1. The van der Waals surface area contributed by atoms with Gasteiger partial charge < -0.3 is 14.8 Å². The second-order valence-corrected chi connectivity index (χ2v) is 11.6. The molecule has 4 aromatic rings. The molecule has 1 aliphatic carbocycles. The van der Waals surface area contributed by atoms with Crippen LogP contribution in [0.25, 0.3) is 22.3 Å². The fourth-order valence-electron chi connectivity index (χ4n) is 5.83. The standard InChI is InChI=1S/C28H31F3N9O2/c1-27(2,41)19-11-23(28(29,30)31)37-24(12-19)42-21-5-3-20(4-6-21)38-16-40(17-38,10-8-32)39-14-18(13-36-39)25-22-7-9-33-26(22)35-15-34-25/h7,9,11-15,20-21,41H,3-6,10,16-17H2,1-2H3,(H,33,34,35)/q+1. The molecule has 1 aliphatic heterocycles. The Hall–Kier alpha value is -4.06. The Bertz CT molecular complexity index is 1590. The first-order valence-electron chi connectivity index (χ1n) is 13.7. The van der Waals surface area contributed by atoms with E-state index in [1.165, 1.54) is 26.2 Å². The van der Waals surface area contributed by atoms with Gasteiger partial charge in [-0.2, -0.15) is 23.0 Å². The summed E-state index contributed by atoms with van der Waals surface area (Å²) in [6, 6.07) is 6.71. The largest absolute Gasteiger partial charge is 0.474 e. The average molecular weight is 583 g/mol. The van der Waals surface area contributed by atoms with Crippen molar-refractivity contribution in [3.8, 4) is 23.2 Å². The SMILES string of the molecule is CC(C)(O)c1cc(OC2CCC(N3C[N+](CC#N)(n4cc(-c5ncnc6[nH]ccc56)cn4)C3)CC2)nc(C(F)(F)F)c1. The van der Waals surface area contributed by atoms with Crippen LogP contribution in [-0.2, 0) is 11.8 Å². The molecule has 1 saturated heterocycles. The van der Waals surface area contributed by atoms with E-state index in [9.17, 15) is 23.5 Å². The summed E-state index contributed by atoms with van der Waals surface area (Å²) < 4.78 is 46.6. The molecule has 2 aliphatic rings. The van der Waals surface area contributed by atoms with Gasteiger partial charge in [-0.1, -0.05) is 0 Å². The summed E-state index contributed by atoms with van der Waals surface area (Å²) in [6.45, 7) is 4.33. The maximum Gasteiger partial charge on any atom is 0.433 e. The predicted octanol–water partition coefficient (Wildman–Crippen LogP) is 4.05. The number of hydrogen-bond acceptors (Lipinski definition) is 8. The van der Waals surface area contributed by atoms with Crippen LogP contribution in [0.15, 0.2) is 43.1 Å². The Morgan fingerprint density at radius 2 is 1.93 bits per heavy atom. The summed E-state index contributed by atoms with van der Waals surface area (Å²) in [4.78, 5) is 19.6. The van der Waals surface area contributed by atoms with Crippen molar-refractivity contribution >= 4 is 11.0 Å². The first-order valence-corrected chi connectivity index (χ1v) is 13.7. The van der Waals surface area contributed by atoms with E-state index in [1.807, 2.05) is 23.3 Å². The number of fused-ring (bicyclic) bond motifs is 1. The lowest BCUT2D eigenvalue weighted by atomic mass is 9.91. The van der Waals surface area contributed by atoms with E-state index in [-0.39, 0.29) is 30.1 Å². The highest BCUT2D eigenvalue weighted by molar-refractivity contribution is 5.89. The molecule has 4 aromatic heterocycles. The number of aromatic nitrogens is 6. The van der Waals surface area contributed by atoms with Crippen LogP contribution in [0.1, 0.15) is 50.8 Å². The number of nitrogens with one attached hydrogen (secondary N) is 1. The van der Waals surface area contributed by atoms with Gasteiger partial charge in [0.05, 0.1) is 23.7 Å². The summed E-state index contributed by atoms with van der Waals surface area (Å²) in [7, 11) is 0. The molecule has 0 unspecified atom stereocenters. The number of quaternary nitrogens is 1. The molecule has 1 saturated carbocycles. The van der Waals surface area contributed by atoms with Crippen molar-refractivity contribution in [2.75, 3.05) is 19.9 Å². The van der Waals surface area contributed by atoms with Gasteiger partial charge in [0.2, 0.25) is 5.88 Å². The Kier molecular flexibility index (Phi) is 6.91. The molecule has 6 rings (SSSR count). The molecular formula is C28H31F3N9O2+. The van der Waals surface area contributed by atoms with Crippen molar-refractivity contribution in [2.45, 2.75) is 63.5 Å². The number of hydrogen-bond donors (Lipinski definition) is 2. The van der Waals surface area contributed by atoms with E-state index in [1.54, 1.807) is 6.20 Å². The summed E-state index contributed by atoms with van der Waals surface area (Å²) in [5, 5.41) is 25.4. The zero-order valence-corrected chi connectivity index (χ0v) is 23.2. The Morgan fingerprint density at radius 3 is 2.62 bits per heavy atom. The van der Waals surface area contributed by atoms with Gasteiger partial charge in [-0.3, -0.25) is 0 Å². The van der Waals surface area contributed by atoms with Gasteiger partial charge in [0.25, 0.3) is 0 Å². The van der Waals surface area contributed by atoms with E-state index >= 15 is 0 Å². The van der Waals surface area contributed by atoms with Crippen molar-refractivity contribution in [3.05, 3.63) is 54.4 Å². The average Bonchev–Trinajstić information content (AvgIpc) is 3.60. The third-order valence-corrected chi connectivity index (χ3v) is 8.13. The van der Waals surface area contributed by atoms with Crippen LogP contribution in [-0.4, -0.2) is 71.9 Å². The topological polar surface area (TPSA) is 129 Å². The molecule has 0 spiro atoms. The quantitative estimate of drug-likeness (QED) is 0.247. The zero-order chi connectivity index (χ0) is 29.7. The van der Waals surface area contributed by atoms with Crippen molar-refractivity contribution < 1.29 is 23.0 Å². The monoisotopic (exact) mass is 582 g/mol. The smallest absolute Gasteiger partial charge is 0.433 e. The number of H-pyrrole nitrogens is 1. The van der Waals surface area contributed by atoms with Crippen molar-refractivity contribution in [1.29, 1.82) is 5.26 Å². The summed E-state index contributed by atoms with van der Waals surface area (Å²) in [6.07, 6.45) is 4.96. The van der Waals surface area contributed by atoms with E-state index in [4.69, 9.17) is 4.74 Å². The molecule has 42 heavy (non-hydrogen) atoms. The summed E-state index contributed by atoms with van der Waals surface area (Å²) in [5.74, 6) is -0.130. The van der Waals surface area contributed by atoms with Gasteiger partial charge in [0.1, 0.15) is 29.8 Å². The number of halogens is 3. The second kappa shape index (κ2) is 10.3. The normalized spacial score (nSPS) is 21.2. The molecule has 0 amide bonds. The molecule has 2 N–H and O–H groups in total. The lowest BCUT2D eigenvalue weighted by Crippen LogP contribution is -2.78. The van der Waals surface area contributed by atoms with Crippen LogP contribution < -0.4 is 9.33 Å². The minimum Gasteiger partial charge on any atom is -0.474 e. The number of aliphatic hydroxyl groups is 1. The molecule has 0 bridgehead atoms. The maximum absolute atomic E-state index is 13.4. The van der Waals surface area contributed by atoms with E-state index in [2.05, 4.69) is 36.0 Å². The van der Waals surface area contributed by atoms with Crippen molar-refractivity contribution in [2.24, 2.45) is 0 Å². The third-order valence-electron chi connectivity index (χ3n) is 8.13. The van der Waals surface area contributed by atoms with E-state index in [0.29, 0.717) is 30.8 Å². The van der Waals surface area contributed by atoms with Gasteiger partial charge in [-0.25, -0.2) is 19.9 Å². The number of alkyl halides is 3. The Balaban J connectivity index is 1.10. The van der Waals surface area contributed by atoms with Crippen molar-refractivity contribution in [1.82, 2.24) is 39.3 Å². The van der Waals surface area contributed by atoms with Gasteiger partial charge >= 0.3 is 6.18 Å². The highest BCUT2D eigenvalue weighted by atomic mass is 19.4. The number of rotatable bonds is 7. The number of ether oxygens (including phenoxy) is 1. The van der Waals surface area contributed by atoms with Crippen LogP contribution in [0.3, 0.4) is 0 Å². The van der Waals surface area contributed by atoms with Crippen LogP contribution >= 0.6 is 0 Å². The number of aromatic amines is 1. The molecular weight excluding hydrogens is 551 g/mol. The van der Waals surface area contributed by atoms with Crippen LogP contribution in [0.4, 0.5) is 13.2 Å². The van der Waals surface area contributed by atoms with Crippen molar-refractivity contribution in [3.63, 3.8) is 0 Å². The molecule has 0 aromatic carbocycles. The maximum atomic E-state index is 13.4. The lowest BCUT2D eigenvalue weighted by Gasteiger charge is -2.52. The van der Waals surface area contributed by atoms with Gasteiger partial charge in [0.15, 0.2) is 19.9 Å². The predicted molar refractivity (Wildman–Crippen MR) is 146 cm³/mol. The fraction of sp³-hybridized carbons (Fsp3) is 0.464. The van der Waals surface area contributed by atoms with Crippen LogP contribution in [0.2, 0.25) is 0 Å². The summed E-state index contributed by atoms with van der Waals surface area (Å²) >= 11 is 0. The molecule has 5 heterocycles. The number of nitrogens with zero attached hydrogens (tertiary/aromatic N) is 8. The molecule has 0 radical (unpaired) electrons. The zero-order valence-electron chi connectivity index (χ0n) is 23.2. The highest BCUT2D eigenvalue weighted by Gasteiger charge is 2.49. The van der Waals surface area contributed by atoms with E-state index < -0.39 is 17.5 Å². The minimum absolute atomic E-state index is 0.0969. The minimum atomic E-state index is -4.65. The fourth-order valence-corrected chi connectivity index (χ4v) is 5.83. The molecule has 220 valence electrons. The molecule has 0 atom stereocenters. The van der Waals surface area contributed by atoms with Gasteiger partial charge in [-0.15, -0.1) is 9.89 Å². The molecule has 2 fully saturated rings. The van der Waals surface area contributed by atoms with Gasteiger partial charge in [0, 0.05) is 29.3 Å². The Labute approximate surface area is 239 Å². The summed E-state index contributed by atoms with van der Waals surface area (Å²) in [5.41, 5.74) is -0.114. The van der Waals surface area contributed by atoms with E-state index in [0.717, 1.165) is 41.2 Å². The first-order chi connectivity index (χ1) is 19.9. The number of pyridine rings is 1. The highest BCUT2D eigenvalue weighted by Crippen LogP contribution is 2.36. The van der Waals surface area contributed by atoms with Gasteiger partial charge in [-0.05, 0) is 57.2 Å². The van der Waals surface area contributed by atoms with Crippen LogP contribution in [0.5, 0.6) is 5.88 Å². The molecule has 11 nitrogen and oxygen atoms in total. The Morgan fingerprint density at radius 1 is 1.17 bits per heavy atom. The molecule has 14 heteroatoms. The second-order valence-electron chi connectivity index (χ2n) is 11.6.